The summed E-state index contributed by atoms with van der Waals surface area (Å²) in [6, 6.07) is 5.38. The number of ether oxygens (including phenoxy) is 2. The fourth-order valence-electron chi connectivity index (χ4n) is 1.44. The maximum Gasteiger partial charge on any atom is 0.328 e. The van der Waals surface area contributed by atoms with Crippen LogP contribution in [0, 0.1) is 5.92 Å². The molecule has 4 nitrogen and oxygen atoms in total. The van der Waals surface area contributed by atoms with Crippen molar-refractivity contribution in [2.45, 2.75) is 20.8 Å². The van der Waals surface area contributed by atoms with E-state index in [4.69, 9.17) is 14.6 Å². The summed E-state index contributed by atoms with van der Waals surface area (Å²) in [6.07, 6.45) is 2.62. The largest absolute Gasteiger partial charge is 0.490 e. The second kappa shape index (κ2) is 7.46. The average Bonchev–Trinajstić information content (AvgIpc) is 2.35. The van der Waals surface area contributed by atoms with Crippen LogP contribution in [-0.4, -0.2) is 24.3 Å². The SMILES string of the molecule is CCOc1cc(/C=C/C(=O)O)ccc1OCC(C)C. The van der Waals surface area contributed by atoms with Crippen LogP contribution in [0.1, 0.15) is 26.3 Å². The highest BCUT2D eigenvalue weighted by Gasteiger charge is 2.06. The van der Waals surface area contributed by atoms with Gasteiger partial charge in [-0.15, -0.1) is 0 Å². The van der Waals surface area contributed by atoms with Gasteiger partial charge in [-0.1, -0.05) is 19.9 Å². The predicted octanol–water partition coefficient (Wildman–Crippen LogP) is 3.22. The van der Waals surface area contributed by atoms with Crippen LogP contribution in [0.4, 0.5) is 0 Å². The molecule has 0 fully saturated rings. The van der Waals surface area contributed by atoms with Crippen LogP contribution in [0.5, 0.6) is 11.5 Å². The van der Waals surface area contributed by atoms with Crippen LogP contribution in [0.2, 0.25) is 0 Å². The molecule has 0 aliphatic rings. The molecule has 19 heavy (non-hydrogen) atoms. The normalized spacial score (nSPS) is 10.9. The van der Waals surface area contributed by atoms with Gasteiger partial charge in [0.25, 0.3) is 0 Å². The van der Waals surface area contributed by atoms with Gasteiger partial charge in [0.15, 0.2) is 11.5 Å². The van der Waals surface area contributed by atoms with E-state index in [1.807, 2.05) is 6.92 Å². The molecule has 0 saturated heterocycles. The quantitative estimate of drug-likeness (QED) is 0.768. The Bertz CT molecular complexity index is 449. The standard InChI is InChI=1S/C15H20O4/c1-4-18-14-9-12(6-8-15(16)17)5-7-13(14)19-10-11(2)3/h5-9,11H,4,10H2,1-3H3,(H,16,17)/b8-6+. The van der Waals surface area contributed by atoms with Gasteiger partial charge < -0.3 is 14.6 Å². The number of benzene rings is 1. The fourth-order valence-corrected chi connectivity index (χ4v) is 1.44. The van der Waals surface area contributed by atoms with Gasteiger partial charge in [-0.25, -0.2) is 4.79 Å². The molecule has 0 radical (unpaired) electrons. The summed E-state index contributed by atoms with van der Waals surface area (Å²) in [7, 11) is 0. The highest BCUT2D eigenvalue weighted by molar-refractivity contribution is 5.85. The molecule has 0 saturated carbocycles. The minimum Gasteiger partial charge on any atom is -0.490 e. The van der Waals surface area contributed by atoms with Crippen molar-refractivity contribution in [3.63, 3.8) is 0 Å². The maximum absolute atomic E-state index is 10.5. The molecule has 1 rings (SSSR count). The zero-order valence-electron chi connectivity index (χ0n) is 11.6. The van der Waals surface area contributed by atoms with E-state index in [2.05, 4.69) is 13.8 Å². The molecule has 0 aromatic heterocycles. The minimum absolute atomic E-state index is 0.432. The number of hydrogen-bond acceptors (Lipinski definition) is 3. The van der Waals surface area contributed by atoms with E-state index >= 15 is 0 Å². The average molecular weight is 264 g/mol. The molecular weight excluding hydrogens is 244 g/mol. The van der Waals surface area contributed by atoms with Crippen molar-refractivity contribution < 1.29 is 19.4 Å². The Kier molecular flexibility index (Phi) is 5.93. The summed E-state index contributed by atoms with van der Waals surface area (Å²) in [5, 5.41) is 8.60. The van der Waals surface area contributed by atoms with Crippen LogP contribution in [0.3, 0.4) is 0 Å². The van der Waals surface area contributed by atoms with Gasteiger partial charge in [0, 0.05) is 6.08 Å². The van der Waals surface area contributed by atoms with Gasteiger partial charge in [0.2, 0.25) is 0 Å². The molecule has 1 aromatic carbocycles. The van der Waals surface area contributed by atoms with Gasteiger partial charge in [0.1, 0.15) is 0 Å². The van der Waals surface area contributed by atoms with E-state index in [1.165, 1.54) is 6.08 Å². The Labute approximate surface area is 113 Å². The molecule has 1 N–H and O–H groups in total. The number of hydrogen-bond donors (Lipinski definition) is 1. The van der Waals surface area contributed by atoms with Crippen LogP contribution in [0.25, 0.3) is 6.08 Å². The summed E-state index contributed by atoms with van der Waals surface area (Å²) >= 11 is 0. The molecular formula is C15H20O4. The smallest absolute Gasteiger partial charge is 0.328 e. The highest BCUT2D eigenvalue weighted by atomic mass is 16.5. The molecule has 0 heterocycles. The highest BCUT2D eigenvalue weighted by Crippen LogP contribution is 2.29. The lowest BCUT2D eigenvalue weighted by molar-refractivity contribution is -0.131. The molecule has 0 aliphatic heterocycles. The molecule has 0 unspecified atom stereocenters. The monoisotopic (exact) mass is 264 g/mol. The van der Waals surface area contributed by atoms with Gasteiger partial charge in [0.05, 0.1) is 13.2 Å². The minimum atomic E-state index is -0.974. The zero-order chi connectivity index (χ0) is 14.3. The van der Waals surface area contributed by atoms with Crippen molar-refractivity contribution in [3.05, 3.63) is 29.8 Å². The molecule has 0 bridgehead atoms. The van der Waals surface area contributed by atoms with Crippen molar-refractivity contribution >= 4 is 12.0 Å². The molecule has 0 aliphatic carbocycles. The number of carbonyl (C=O) groups is 1. The first-order valence-corrected chi connectivity index (χ1v) is 6.33. The molecule has 0 atom stereocenters. The summed E-state index contributed by atoms with van der Waals surface area (Å²) in [5.41, 5.74) is 0.766. The summed E-state index contributed by atoms with van der Waals surface area (Å²) in [6.45, 7) is 7.19. The van der Waals surface area contributed by atoms with Crippen LogP contribution in [0.15, 0.2) is 24.3 Å². The first-order valence-electron chi connectivity index (χ1n) is 6.33. The summed E-state index contributed by atoms with van der Waals surface area (Å²) < 4.78 is 11.2. The van der Waals surface area contributed by atoms with E-state index in [0.29, 0.717) is 30.6 Å². The Morgan fingerprint density at radius 3 is 2.63 bits per heavy atom. The van der Waals surface area contributed by atoms with E-state index in [9.17, 15) is 4.79 Å². The Morgan fingerprint density at radius 2 is 2.05 bits per heavy atom. The topological polar surface area (TPSA) is 55.8 Å². The van der Waals surface area contributed by atoms with Gasteiger partial charge in [-0.3, -0.25) is 0 Å². The molecule has 104 valence electrons. The van der Waals surface area contributed by atoms with Gasteiger partial charge in [-0.05, 0) is 36.6 Å². The number of carboxylic acid groups (broad SMARTS) is 1. The van der Waals surface area contributed by atoms with Crippen molar-refractivity contribution in [1.29, 1.82) is 0 Å². The first-order chi connectivity index (χ1) is 9.02. The Morgan fingerprint density at radius 1 is 1.32 bits per heavy atom. The van der Waals surface area contributed by atoms with Gasteiger partial charge in [-0.2, -0.15) is 0 Å². The molecule has 4 heteroatoms. The van der Waals surface area contributed by atoms with Crippen LogP contribution < -0.4 is 9.47 Å². The third-order valence-electron chi connectivity index (χ3n) is 2.26. The van der Waals surface area contributed by atoms with Gasteiger partial charge >= 0.3 is 5.97 Å². The first kappa shape index (κ1) is 15.1. The Hall–Kier alpha value is -1.97. The second-order valence-corrected chi connectivity index (χ2v) is 4.52. The van der Waals surface area contributed by atoms with E-state index < -0.39 is 5.97 Å². The number of aliphatic carboxylic acids is 1. The predicted molar refractivity (Wildman–Crippen MR) is 74.6 cm³/mol. The second-order valence-electron chi connectivity index (χ2n) is 4.52. The molecule has 0 amide bonds. The lowest BCUT2D eigenvalue weighted by Crippen LogP contribution is -2.06. The van der Waals surface area contributed by atoms with Crippen molar-refractivity contribution in [1.82, 2.24) is 0 Å². The fraction of sp³-hybridized carbons (Fsp3) is 0.400. The molecule has 1 aromatic rings. The maximum atomic E-state index is 10.5. The Balaban J connectivity index is 2.90. The van der Waals surface area contributed by atoms with E-state index in [0.717, 1.165) is 11.6 Å². The number of carboxylic acids is 1. The number of rotatable bonds is 7. The van der Waals surface area contributed by atoms with Crippen molar-refractivity contribution in [2.75, 3.05) is 13.2 Å². The van der Waals surface area contributed by atoms with Crippen molar-refractivity contribution in [3.8, 4) is 11.5 Å². The van der Waals surface area contributed by atoms with Crippen molar-refractivity contribution in [2.24, 2.45) is 5.92 Å². The lowest BCUT2D eigenvalue weighted by Gasteiger charge is -2.13. The summed E-state index contributed by atoms with van der Waals surface area (Å²) in [4.78, 5) is 10.5. The zero-order valence-corrected chi connectivity index (χ0v) is 11.6. The van der Waals surface area contributed by atoms with Crippen LogP contribution in [-0.2, 0) is 4.79 Å². The van der Waals surface area contributed by atoms with E-state index in [-0.39, 0.29) is 0 Å². The third-order valence-corrected chi connectivity index (χ3v) is 2.26. The lowest BCUT2D eigenvalue weighted by atomic mass is 10.2. The summed E-state index contributed by atoms with van der Waals surface area (Å²) in [5.74, 6) is 0.776. The molecule has 0 spiro atoms. The third kappa shape index (κ3) is 5.46. The van der Waals surface area contributed by atoms with Crippen LogP contribution >= 0.6 is 0 Å². The van der Waals surface area contributed by atoms with E-state index in [1.54, 1.807) is 18.2 Å².